The molecule has 0 aliphatic rings. The SMILES string of the molecule is CCOc1ccc(NS(=O)(=O)c2ccc(NC(=S)NC(=O)CCCOc3ccc(Cl)cc3Cl)cc2)cc1. The summed E-state index contributed by atoms with van der Waals surface area (Å²) in [6, 6.07) is 17.5. The maximum absolute atomic E-state index is 12.7. The fourth-order valence-corrected chi connectivity index (χ4v) is 4.83. The van der Waals surface area contributed by atoms with Gasteiger partial charge in [-0.15, -0.1) is 0 Å². The average Bonchev–Trinajstić information content (AvgIpc) is 2.84. The molecule has 3 N–H and O–H groups in total. The van der Waals surface area contributed by atoms with Crippen molar-refractivity contribution < 1.29 is 22.7 Å². The van der Waals surface area contributed by atoms with Crippen LogP contribution in [0.25, 0.3) is 0 Å². The maximum Gasteiger partial charge on any atom is 0.261 e. The molecule has 0 radical (unpaired) electrons. The third kappa shape index (κ3) is 9.08. The molecule has 8 nitrogen and oxygen atoms in total. The van der Waals surface area contributed by atoms with Crippen LogP contribution in [0.5, 0.6) is 11.5 Å². The quantitative estimate of drug-likeness (QED) is 0.192. The van der Waals surface area contributed by atoms with E-state index in [0.29, 0.717) is 45.9 Å². The van der Waals surface area contributed by atoms with Crippen LogP contribution in [0.4, 0.5) is 11.4 Å². The zero-order valence-corrected chi connectivity index (χ0v) is 22.9. The van der Waals surface area contributed by atoms with Crippen LogP contribution in [0.2, 0.25) is 10.0 Å². The van der Waals surface area contributed by atoms with Crippen molar-refractivity contribution in [2.45, 2.75) is 24.7 Å². The van der Waals surface area contributed by atoms with Crippen LogP contribution in [-0.4, -0.2) is 32.7 Å². The summed E-state index contributed by atoms with van der Waals surface area (Å²) in [5, 5.41) is 6.43. The van der Waals surface area contributed by atoms with E-state index in [4.69, 9.17) is 44.9 Å². The Kier molecular flexibility index (Phi) is 10.4. The maximum atomic E-state index is 12.7. The first-order chi connectivity index (χ1) is 17.7. The van der Waals surface area contributed by atoms with Gasteiger partial charge >= 0.3 is 0 Å². The van der Waals surface area contributed by atoms with Crippen LogP contribution in [0.15, 0.2) is 71.6 Å². The number of hydrogen-bond donors (Lipinski definition) is 3. The van der Waals surface area contributed by atoms with Gasteiger partial charge in [0.2, 0.25) is 5.91 Å². The molecule has 0 spiro atoms. The third-order valence-electron chi connectivity index (χ3n) is 4.79. The number of ether oxygens (including phenoxy) is 2. The molecule has 37 heavy (non-hydrogen) atoms. The number of sulfonamides is 1. The fourth-order valence-electron chi connectivity index (χ4n) is 3.08. The van der Waals surface area contributed by atoms with Crippen LogP contribution in [-0.2, 0) is 14.8 Å². The van der Waals surface area contributed by atoms with E-state index < -0.39 is 10.0 Å². The van der Waals surface area contributed by atoms with Gasteiger partial charge in [-0.25, -0.2) is 8.42 Å². The molecule has 0 saturated carbocycles. The number of anilines is 2. The van der Waals surface area contributed by atoms with Gasteiger partial charge in [-0.2, -0.15) is 0 Å². The summed E-state index contributed by atoms with van der Waals surface area (Å²) in [6.07, 6.45) is 0.628. The number of halogens is 2. The van der Waals surface area contributed by atoms with E-state index in [0.717, 1.165) is 0 Å². The average molecular weight is 583 g/mol. The summed E-state index contributed by atoms with van der Waals surface area (Å²) in [7, 11) is -3.79. The predicted molar refractivity (Wildman–Crippen MR) is 150 cm³/mol. The van der Waals surface area contributed by atoms with Crippen LogP contribution in [0.1, 0.15) is 19.8 Å². The minimum absolute atomic E-state index is 0.0719. The lowest BCUT2D eigenvalue weighted by Gasteiger charge is -2.12. The Labute approximate surface area is 231 Å². The lowest BCUT2D eigenvalue weighted by Crippen LogP contribution is -2.34. The highest BCUT2D eigenvalue weighted by atomic mass is 35.5. The van der Waals surface area contributed by atoms with Crippen LogP contribution < -0.4 is 24.8 Å². The summed E-state index contributed by atoms with van der Waals surface area (Å²) in [5.41, 5.74) is 0.933. The Balaban J connectivity index is 1.44. The van der Waals surface area contributed by atoms with E-state index in [1.165, 1.54) is 12.1 Å². The second-order valence-corrected chi connectivity index (χ2v) is 10.6. The van der Waals surface area contributed by atoms with Gasteiger partial charge in [-0.1, -0.05) is 23.2 Å². The molecule has 12 heteroatoms. The number of carbonyl (C=O) groups excluding carboxylic acids is 1. The van der Waals surface area contributed by atoms with Crippen molar-refractivity contribution in [2.75, 3.05) is 23.3 Å². The summed E-state index contributed by atoms with van der Waals surface area (Å²) in [6.45, 7) is 2.68. The van der Waals surface area contributed by atoms with Gasteiger partial charge < -0.3 is 20.1 Å². The largest absolute Gasteiger partial charge is 0.494 e. The smallest absolute Gasteiger partial charge is 0.261 e. The highest BCUT2D eigenvalue weighted by Gasteiger charge is 2.14. The Morgan fingerprint density at radius 2 is 1.62 bits per heavy atom. The van der Waals surface area contributed by atoms with Gasteiger partial charge in [-0.05, 0) is 92.3 Å². The van der Waals surface area contributed by atoms with Crippen molar-refractivity contribution in [3.05, 3.63) is 76.8 Å². The van der Waals surface area contributed by atoms with E-state index in [1.54, 1.807) is 54.6 Å². The molecule has 0 fully saturated rings. The van der Waals surface area contributed by atoms with Crippen LogP contribution in [0, 0.1) is 0 Å². The molecule has 0 bridgehead atoms. The summed E-state index contributed by atoms with van der Waals surface area (Å²) in [4.78, 5) is 12.2. The number of nitrogens with one attached hydrogen (secondary N) is 3. The molecule has 0 atom stereocenters. The summed E-state index contributed by atoms with van der Waals surface area (Å²) in [5.74, 6) is 0.853. The van der Waals surface area contributed by atoms with Gasteiger partial charge in [0.25, 0.3) is 10.0 Å². The molecule has 0 heterocycles. The zero-order chi connectivity index (χ0) is 26.8. The topological polar surface area (TPSA) is 106 Å². The fraction of sp³-hybridized carbons (Fsp3) is 0.200. The first-order valence-electron chi connectivity index (χ1n) is 11.2. The number of hydrogen-bond acceptors (Lipinski definition) is 6. The minimum Gasteiger partial charge on any atom is -0.494 e. The summed E-state index contributed by atoms with van der Waals surface area (Å²) >= 11 is 17.1. The standard InChI is InChI=1S/C25H25Cl2N3O5S2/c1-2-34-20-10-6-19(7-11-20)30-37(32,33)21-12-8-18(9-13-21)28-25(36)29-24(31)4-3-15-35-23-14-5-17(26)16-22(23)27/h5-14,16,30H,2-4,15H2,1H3,(H2,28,29,31,36). The lowest BCUT2D eigenvalue weighted by atomic mass is 10.3. The second kappa shape index (κ2) is 13.5. The number of benzene rings is 3. The Morgan fingerprint density at radius 1 is 0.946 bits per heavy atom. The molecule has 3 aromatic rings. The van der Waals surface area contributed by atoms with E-state index in [-0.39, 0.29) is 28.9 Å². The molecule has 1 amide bonds. The minimum atomic E-state index is -3.79. The number of carbonyl (C=O) groups is 1. The summed E-state index contributed by atoms with van der Waals surface area (Å²) < 4.78 is 38.8. The predicted octanol–water partition coefficient (Wildman–Crippen LogP) is 5.87. The van der Waals surface area contributed by atoms with Crippen molar-refractivity contribution in [2.24, 2.45) is 0 Å². The number of rotatable bonds is 11. The highest BCUT2D eigenvalue weighted by molar-refractivity contribution is 7.92. The van der Waals surface area contributed by atoms with Crippen LogP contribution in [0.3, 0.4) is 0 Å². The Morgan fingerprint density at radius 3 is 2.27 bits per heavy atom. The van der Waals surface area contributed by atoms with E-state index in [2.05, 4.69) is 15.4 Å². The van der Waals surface area contributed by atoms with E-state index >= 15 is 0 Å². The van der Waals surface area contributed by atoms with Gasteiger partial charge in [-0.3, -0.25) is 9.52 Å². The van der Waals surface area contributed by atoms with Crippen molar-refractivity contribution in [1.29, 1.82) is 0 Å². The van der Waals surface area contributed by atoms with E-state index in [9.17, 15) is 13.2 Å². The lowest BCUT2D eigenvalue weighted by molar-refractivity contribution is -0.119. The Bertz CT molecular complexity index is 1340. The molecule has 196 valence electrons. The number of thiocarbonyl (C=S) groups is 1. The van der Waals surface area contributed by atoms with Crippen molar-refractivity contribution in [3.63, 3.8) is 0 Å². The van der Waals surface area contributed by atoms with E-state index in [1.807, 2.05) is 6.92 Å². The molecule has 0 unspecified atom stereocenters. The van der Waals surface area contributed by atoms with Gasteiger partial charge in [0.05, 0.1) is 23.1 Å². The Hall–Kier alpha value is -3.05. The molecule has 0 saturated heterocycles. The first-order valence-corrected chi connectivity index (χ1v) is 13.9. The van der Waals surface area contributed by atoms with Crippen molar-refractivity contribution in [3.8, 4) is 11.5 Å². The van der Waals surface area contributed by atoms with Crippen LogP contribution >= 0.6 is 35.4 Å². The molecular weight excluding hydrogens is 557 g/mol. The molecule has 3 rings (SSSR count). The first kappa shape index (κ1) is 28.5. The second-order valence-electron chi connectivity index (χ2n) is 7.62. The van der Waals surface area contributed by atoms with Crippen molar-refractivity contribution in [1.82, 2.24) is 5.32 Å². The zero-order valence-electron chi connectivity index (χ0n) is 19.8. The third-order valence-corrected chi connectivity index (χ3v) is 6.92. The highest BCUT2D eigenvalue weighted by Crippen LogP contribution is 2.27. The normalized spacial score (nSPS) is 10.9. The molecular formula is C25H25Cl2N3O5S2. The molecule has 0 aromatic heterocycles. The van der Waals surface area contributed by atoms with Gasteiger partial charge in [0.1, 0.15) is 11.5 Å². The van der Waals surface area contributed by atoms with Gasteiger partial charge in [0, 0.05) is 22.8 Å². The van der Waals surface area contributed by atoms with Gasteiger partial charge in [0.15, 0.2) is 5.11 Å². The molecule has 0 aliphatic carbocycles. The number of amides is 1. The monoisotopic (exact) mass is 581 g/mol. The van der Waals surface area contributed by atoms with Crippen molar-refractivity contribution >= 4 is 67.8 Å². The molecule has 3 aromatic carbocycles. The molecule has 0 aliphatic heterocycles.